The quantitative estimate of drug-likeness (QED) is 0.795. The number of H-pyrrole nitrogens is 1. The summed E-state index contributed by atoms with van der Waals surface area (Å²) >= 11 is 0. The standard InChI is InChI=1S/C12H21N3/c1-3-4-5-9(2)12-10-8-13-7-6-11(10)14-15-12/h9,13H,3-8H2,1-2H3,(H,14,15). The van der Waals surface area contributed by atoms with Crippen molar-refractivity contribution in [2.24, 2.45) is 0 Å². The van der Waals surface area contributed by atoms with Gasteiger partial charge >= 0.3 is 0 Å². The molecule has 2 heterocycles. The summed E-state index contributed by atoms with van der Waals surface area (Å²) in [5.41, 5.74) is 4.09. The highest BCUT2D eigenvalue weighted by atomic mass is 15.1. The number of hydrogen-bond donors (Lipinski definition) is 2. The average Bonchev–Trinajstić information content (AvgIpc) is 2.69. The summed E-state index contributed by atoms with van der Waals surface area (Å²) in [6.45, 7) is 6.62. The van der Waals surface area contributed by atoms with Gasteiger partial charge in [-0.25, -0.2) is 0 Å². The Balaban J connectivity index is 2.10. The molecule has 84 valence electrons. The van der Waals surface area contributed by atoms with E-state index in [1.165, 1.54) is 36.2 Å². The molecule has 0 aliphatic carbocycles. The van der Waals surface area contributed by atoms with Gasteiger partial charge in [0.1, 0.15) is 0 Å². The minimum absolute atomic E-state index is 0.602. The molecule has 2 rings (SSSR count). The fourth-order valence-electron chi connectivity index (χ4n) is 2.30. The molecule has 0 spiro atoms. The molecule has 0 saturated heterocycles. The molecular formula is C12H21N3. The van der Waals surface area contributed by atoms with Crippen LogP contribution >= 0.6 is 0 Å². The highest BCUT2D eigenvalue weighted by molar-refractivity contribution is 5.29. The van der Waals surface area contributed by atoms with E-state index in [9.17, 15) is 0 Å². The Morgan fingerprint density at radius 2 is 2.33 bits per heavy atom. The highest BCUT2D eigenvalue weighted by Crippen LogP contribution is 2.26. The summed E-state index contributed by atoms with van der Waals surface area (Å²) < 4.78 is 0. The first kappa shape index (κ1) is 10.7. The van der Waals surface area contributed by atoms with Crippen LogP contribution in [0, 0.1) is 0 Å². The number of aromatic nitrogens is 2. The molecule has 0 fully saturated rings. The maximum atomic E-state index is 4.49. The van der Waals surface area contributed by atoms with Crippen LogP contribution in [0.5, 0.6) is 0 Å². The van der Waals surface area contributed by atoms with Crippen LogP contribution in [0.3, 0.4) is 0 Å². The molecule has 0 bridgehead atoms. The summed E-state index contributed by atoms with van der Waals surface area (Å²) in [4.78, 5) is 0. The first-order chi connectivity index (χ1) is 7.33. The molecule has 1 aliphatic heterocycles. The molecule has 0 saturated carbocycles. The van der Waals surface area contributed by atoms with Crippen molar-refractivity contribution in [3.05, 3.63) is 17.0 Å². The molecule has 1 aromatic rings. The molecule has 2 N–H and O–H groups in total. The normalized spacial score (nSPS) is 17.5. The molecular weight excluding hydrogens is 186 g/mol. The topological polar surface area (TPSA) is 40.7 Å². The van der Waals surface area contributed by atoms with E-state index < -0.39 is 0 Å². The molecule has 1 atom stereocenters. The number of aromatic amines is 1. The zero-order valence-electron chi connectivity index (χ0n) is 9.77. The predicted molar refractivity (Wildman–Crippen MR) is 61.9 cm³/mol. The van der Waals surface area contributed by atoms with Crippen molar-refractivity contribution < 1.29 is 0 Å². The minimum atomic E-state index is 0.602. The third-order valence-electron chi connectivity index (χ3n) is 3.30. The first-order valence-electron chi connectivity index (χ1n) is 6.09. The Bertz CT molecular complexity index is 317. The second-order valence-electron chi connectivity index (χ2n) is 4.54. The van der Waals surface area contributed by atoms with E-state index in [1.54, 1.807) is 0 Å². The van der Waals surface area contributed by atoms with E-state index in [4.69, 9.17) is 0 Å². The Morgan fingerprint density at radius 3 is 3.13 bits per heavy atom. The monoisotopic (exact) mass is 207 g/mol. The lowest BCUT2D eigenvalue weighted by Crippen LogP contribution is -2.23. The van der Waals surface area contributed by atoms with Crippen LogP contribution in [0.15, 0.2) is 0 Å². The van der Waals surface area contributed by atoms with Crippen LogP contribution in [0.4, 0.5) is 0 Å². The van der Waals surface area contributed by atoms with Gasteiger partial charge in [-0.3, -0.25) is 5.10 Å². The highest BCUT2D eigenvalue weighted by Gasteiger charge is 2.19. The number of unbranched alkanes of at least 4 members (excludes halogenated alkanes) is 1. The van der Waals surface area contributed by atoms with E-state index in [0.717, 1.165) is 19.5 Å². The maximum absolute atomic E-state index is 4.49. The van der Waals surface area contributed by atoms with Gasteiger partial charge in [0.05, 0.1) is 5.69 Å². The third kappa shape index (κ3) is 2.23. The van der Waals surface area contributed by atoms with E-state index in [2.05, 4.69) is 29.4 Å². The van der Waals surface area contributed by atoms with Gasteiger partial charge in [-0.15, -0.1) is 0 Å². The number of nitrogens with zero attached hydrogens (tertiary/aromatic N) is 1. The summed E-state index contributed by atoms with van der Waals surface area (Å²) in [6, 6.07) is 0. The summed E-state index contributed by atoms with van der Waals surface area (Å²) in [7, 11) is 0. The molecule has 1 unspecified atom stereocenters. The van der Waals surface area contributed by atoms with Crippen LogP contribution in [0.2, 0.25) is 0 Å². The minimum Gasteiger partial charge on any atom is -0.312 e. The van der Waals surface area contributed by atoms with Gasteiger partial charge in [0, 0.05) is 36.7 Å². The van der Waals surface area contributed by atoms with Crippen molar-refractivity contribution in [3.63, 3.8) is 0 Å². The predicted octanol–water partition coefficient (Wildman–Crippen LogP) is 2.35. The first-order valence-corrected chi connectivity index (χ1v) is 6.09. The second kappa shape index (κ2) is 4.79. The van der Waals surface area contributed by atoms with Crippen molar-refractivity contribution in [3.8, 4) is 0 Å². The summed E-state index contributed by atoms with van der Waals surface area (Å²) in [6.07, 6.45) is 4.93. The Kier molecular flexibility index (Phi) is 3.41. The molecule has 3 heteroatoms. The van der Waals surface area contributed by atoms with Crippen molar-refractivity contribution in [2.75, 3.05) is 6.54 Å². The summed E-state index contributed by atoms with van der Waals surface area (Å²) in [5.74, 6) is 0.602. The van der Waals surface area contributed by atoms with E-state index in [1.807, 2.05) is 0 Å². The number of fused-ring (bicyclic) bond motifs is 1. The van der Waals surface area contributed by atoms with Crippen molar-refractivity contribution in [1.29, 1.82) is 0 Å². The van der Waals surface area contributed by atoms with Gasteiger partial charge in [-0.05, 0) is 6.42 Å². The van der Waals surface area contributed by atoms with Gasteiger partial charge in [0.25, 0.3) is 0 Å². The van der Waals surface area contributed by atoms with Gasteiger partial charge in [0.2, 0.25) is 0 Å². The van der Waals surface area contributed by atoms with Crippen LogP contribution < -0.4 is 5.32 Å². The van der Waals surface area contributed by atoms with E-state index in [0.29, 0.717) is 5.92 Å². The average molecular weight is 207 g/mol. The fraction of sp³-hybridized carbons (Fsp3) is 0.750. The van der Waals surface area contributed by atoms with Gasteiger partial charge in [0.15, 0.2) is 0 Å². The fourth-order valence-corrected chi connectivity index (χ4v) is 2.30. The van der Waals surface area contributed by atoms with E-state index in [-0.39, 0.29) is 0 Å². The number of hydrogen-bond acceptors (Lipinski definition) is 2. The maximum Gasteiger partial charge on any atom is 0.0698 e. The van der Waals surface area contributed by atoms with E-state index >= 15 is 0 Å². The van der Waals surface area contributed by atoms with Crippen molar-refractivity contribution >= 4 is 0 Å². The molecule has 0 aromatic carbocycles. The second-order valence-corrected chi connectivity index (χ2v) is 4.54. The zero-order valence-corrected chi connectivity index (χ0v) is 9.77. The SMILES string of the molecule is CCCCC(C)c1n[nH]c2c1CNCC2. The lowest BCUT2D eigenvalue weighted by molar-refractivity contribution is 0.592. The molecule has 1 aromatic heterocycles. The Labute approximate surface area is 91.7 Å². The van der Waals surface area contributed by atoms with Gasteiger partial charge in [-0.1, -0.05) is 26.7 Å². The van der Waals surface area contributed by atoms with Crippen LogP contribution in [-0.4, -0.2) is 16.7 Å². The number of rotatable bonds is 4. The van der Waals surface area contributed by atoms with Crippen molar-refractivity contribution in [2.45, 2.75) is 52.0 Å². The van der Waals surface area contributed by atoms with Crippen LogP contribution in [0.25, 0.3) is 0 Å². The van der Waals surface area contributed by atoms with Gasteiger partial charge < -0.3 is 5.32 Å². The van der Waals surface area contributed by atoms with Gasteiger partial charge in [-0.2, -0.15) is 5.10 Å². The Hall–Kier alpha value is -0.830. The third-order valence-corrected chi connectivity index (χ3v) is 3.30. The molecule has 0 amide bonds. The number of nitrogens with one attached hydrogen (secondary N) is 2. The summed E-state index contributed by atoms with van der Waals surface area (Å²) in [5, 5.41) is 11.1. The molecule has 1 aliphatic rings. The lowest BCUT2D eigenvalue weighted by atomic mass is 9.95. The van der Waals surface area contributed by atoms with Crippen LogP contribution in [0.1, 0.15) is 56.0 Å². The molecule has 3 nitrogen and oxygen atoms in total. The Morgan fingerprint density at radius 1 is 1.47 bits per heavy atom. The molecule has 0 radical (unpaired) electrons. The van der Waals surface area contributed by atoms with Crippen LogP contribution in [-0.2, 0) is 13.0 Å². The zero-order chi connectivity index (χ0) is 10.7. The van der Waals surface area contributed by atoms with Crippen molar-refractivity contribution in [1.82, 2.24) is 15.5 Å². The smallest absolute Gasteiger partial charge is 0.0698 e. The lowest BCUT2D eigenvalue weighted by Gasteiger charge is -2.15. The molecule has 15 heavy (non-hydrogen) atoms. The largest absolute Gasteiger partial charge is 0.312 e.